The predicted molar refractivity (Wildman–Crippen MR) is 77.8 cm³/mol. The molecule has 0 saturated heterocycles. The number of carbonyl (C=O) groups excluding carboxylic acids is 2. The molecule has 2 heterocycles. The Balaban J connectivity index is 2.01. The van der Waals surface area contributed by atoms with Crippen LogP contribution in [0.5, 0.6) is 0 Å². The second kappa shape index (κ2) is 4.49. The Morgan fingerprint density at radius 1 is 0.864 bits per heavy atom. The van der Waals surface area contributed by atoms with Crippen LogP contribution in [-0.4, -0.2) is 31.7 Å². The van der Waals surface area contributed by atoms with E-state index in [1.807, 2.05) is 25.1 Å². The van der Waals surface area contributed by atoms with Gasteiger partial charge in [0.2, 0.25) is 11.6 Å². The van der Waals surface area contributed by atoms with Crippen LogP contribution in [-0.2, 0) is 6.42 Å². The Morgan fingerprint density at radius 2 is 1.45 bits per heavy atom. The van der Waals surface area contributed by atoms with Gasteiger partial charge in [0, 0.05) is 0 Å². The first kappa shape index (κ1) is 12.7. The molecule has 6 nitrogen and oxygen atoms in total. The van der Waals surface area contributed by atoms with E-state index in [0.29, 0.717) is 11.0 Å². The van der Waals surface area contributed by atoms with Crippen LogP contribution >= 0.6 is 0 Å². The van der Waals surface area contributed by atoms with Crippen molar-refractivity contribution in [3.63, 3.8) is 0 Å². The summed E-state index contributed by atoms with van der Waals surface area (Å²) in [6, 6.07) is 5.65. The zero-order chi connectivity index (χ0) is 15.3. The van der Waals surface area contributed by atoms with E-state index in [1.54, 1.807) is 0 Å². The Bertz CT molecular complexity index is 966. The van der Waals surface area contributed by atoms with Crippen molar-refractivity contribution in [2.45, 2.75) is 13.3 Å². The second-order valence-corrected chi connectivity index (χ2v) is 5.07. The number of hydrogen-bond acceptors (Lipinski definition) is 6. The third-order valence-electron chi connectivity index (χ3n) is 3.79. The van der Waals surface area contributed by atoms with Crippen LogP contribution < -0.4 is 0 Å². The molecule has 0 bridgehead atoms. The average molecular weight is 290 g/mol. The summed E-state index contributed by atoms with van der Waals surface area (Å²) in [6.45, 7) is 2.04. The maximum atomic E-state index is 12.5. The normalized spacial score (nSPS) is 13.1. The zero-order valence-corrected chi connectivity index (χ0v) is 11.7. The third-order valence-corrected chi connectivity index (χ3v) is 3.79. The number of nitrogens with zero attached hydrogens (tertiary/aromatic N) is 4. The molecular weight excluding hydrogens is 280 g/mol. The first-order valence-electron chi connectivity index (χ1n) is 6.90. The molecule has 0 atom stereocenters. The lowest BCUT2D eigenvalue weighted by atomic mass is 9.92. The molecule has 0 fully saturated rings. The van der Waals surface area contributed by atoms with Crippen molar-refractivity contribution >= 4 is 22.6 Å². The average Bonchev–Trinajstić information content (AvgIpc) is 2.58. The molecule has 0 spiro atoms. The van der Waals surface area contributed by atoms with Crippen molar-refractivity contribution < 1.29 is 9.59 Å². The second-order valence-electron chi connectivity index (χ2n) is 5.07. The largest absolute Gasteiger partial charge is 0.287 e. The van der Waals surface area contributed by atoms with E-state index in [-0.39, 0.29) is 34.1 Å². The lowest BCUT2D eigenvalue weighted by molar-refractivity contribution is 0.0971. The molecule has 22 heavy (non-hydrogen) atoms. The molecule has 1 aromatic carbocycles. The number of hydrogen-bond donors (Lipinski definition) is 0. The van der Waals surface area contributed by atoms with Gasteiger partial charge in [-0.25, -0.2) is 9.97 Å². The van der Waals surface area contributed by atoms with Crippen LogP contribution in [0, 0.1) is 0 Å². The van der Waals surface area contributed by atoms with Crippen LogP contribution in [0.3, 0.4) is 0 Å². The van der Waals surface area contributed by atoms with Crippen LogP contribution in [0.4, 0.5) is 0 Å². The van der Waals surface area contributed by atoms with Crippen LogP contribution in [0.1, 0.15) is 44.6 Å². The van der Waals surface area contributed by atoms with Crippen molar-refractivity contribution in [2.75, 3.05) is 0 Å². The van der Waals surface area contributed by atoms with Gasteiger partial charge in [-0.15, -0.1) is 0 Å². The van der Waals surface area contributed by atoms with Gasteiger partial charge in [-0.3, -0.25) is 9.59 Å². The molecule has 4 rings (SSSR count). The SMILES string of the molecule is CCc1ccc2nc3c(nc2c1)C(=O)c1cnncc1C3=O. The van der Waals surface area contributed by atoms with Gasteiger partial charge in [0.1, 0.15) is 11.4 Å². The predicted octanol–water partition coefficient (Wildman–Crippen LogP) is 1.76. The third kappa shape index (κ3) is 1.67. The number of fused-ring (bicyclic) bond motifs is 3. The van der Waals surface area contributed by atoms with Gasteiger partial charge in [0.05, 0.1) is 34.6 Å². The van der Waals surface area contributed by atoms with E-state index in [0.717, 1.165) is 12.0 Å². The summed E-state index contributed by atoms with van der Waals surface area (Å²) in [5, 5.41) is 7.34. The molecule has 6 heteroatoms. The first-order chi connectivity index (χ1) is 10.7. The van der Waals surface area contributed by atoms with Gasteiger partial charge in [-0.1, -0.05) is 13.0 Å². The Hall–Kier alpha value is -3.02. The molecule has 1 aliphatic rings. The molecule has 0 aliphatic heterocycles. The fourth-order valence-electron chi connectivity index (χ4n) is 2.57. The highest BCUT2D eigenvalue weighted by atomic mass is 16.1. The van der Waals surface area contributed by atoms with Crippen molar-refractivity contribution in [1.29, 1.82) is 0 Å². The van der Waals surface area contributed by atoms with Crippen LogP contribution in [0.2, 0.25) is 0 Å². The quantitative estimate of drug-likeness (QED) is 0.531. The highest BCUT2D eigenvalue weighted by molar-refractivity contribution is 6.27. The summed E-state index contributed by atoms with van der Waals surface area (Å²) in [4.78, 5) is 33.7. The summed E-state index contributed by atoms with van der Waals surface area (Å²) < 4.78 is 0. The minimum atomic E-state index is -0.339. The molecular formula is C16H10N4O2. The summed E-state index contributed by atoms with van der Waals surface area (Å²) in [5.41, 5.74) is 2.95. The van der Waals surface area contributed by atoms with E-state index < -0.39 is 0 Å². The molecule has 0 amide bonds. The van der Waals surface area contributed by atoms with Crippen molar-refractivity contribution in [1.82, 2.24) is 20.2 Å². The smallest absolute Gasteiger partial charge is 0.216 e. The molecule has 0 radical (unpaired) electrons. The number of rotatable bonds is 1. The minimum absolute atomic E-state index is 0.0854. The van der Waals surface area contributed by atoms with Gasteiger partial charge in [0.25, 0.3) is 0 Å². The van der Waals surface area contributed by atoms with Crippen molar-refractivity contribution in [3.8, 4) is 0 Å². The van der Waals surface area contributed by atoms with E-state index in [1.165, 1.54) is 12.4 Å². The van der Waals surface area contributed by atoms with Crippen LogP contribution in [0.25, 0.3) is 11.0 Å². The number of benzene rings is 1. The Morgan fingerprint density at radius 3 is 2.05 bits per heavy atom. The van der Waals surface area contributed by atoms with Gasteiger partial charge in [-0.05, 0) is 24.1 Å². The number of aryl methyl sites for hydroxylation is 1. The summed E-state index contributed by atoms with van der Waals surface area (Å²) in [6.07, 6.45) is 3.46. The van der Waals surface area contributed by atoms with Gasteiger partial charge in [-0.2, -0.15) is 10.2 Å². The Labute approximate surface area is 125 Å². The molecule has 0 N–H and O–H groups in total. The molecule has 0 saturated carbocycles. The van der Waals surface area contributed by atoms with Crippen molar-refractivity contribution in [2.24, 2.45) is 0 Å². The minimum Gasteiger partial charge on any atom is -0.287 e. The highest BCUT2D eigenvalue weighted by Crippen LogP contribution is 2.25. The monoisotopic (exact) mass is 290 g/mol. The first-order valence-corrected chi connectivity index (χ1v) is 6.90. The lowest BCUT2D eigenvalue weighted by Crippen LogP contribution is -2.24. The zero-order valence-electron chi connectivity index (χ0n) is 11.7. The summed E-state index contributed by atoms with van der Waals surface area (Å²) in [7, 11) is 0. The molecule has 1 aliphatic carbocycles. The fraction of sp³-hybridized carbons (Fsp3) is 0.125. The summed E-state index contributed by atoms with van der Waals surface area (Å²) >= 11 is 0. The molecule has 3 aromatic rings. The fourth-order valence-corrected chi connectivity index (χ4v) is 2.57. The standard InChI is InChI=1S/C16H10N4O2/c1-2-8-3-4-11-12(5-8)20-14-13(19-11)15(21)9-6-17-18-7-10(9)16(14)22/h3-7H,2H2,1H3. The van der Waals surface area contributed by atoms with Crippen LogP contribution in [0.15, 0.2) is 30.6 Å². The topological polar surface area (TPSA) is 85.7 Å². The van der Waals surface area contributed by atoms with Gasteiger partial charge in [0.15, 0.2) is 0 Å². The van der Waals surface area contributed by atoms with E-state index in [9.17, 15) is 9.59 Å². The summed E-state index contributed by atoms with van der Waals surface area (Å²) in [5.74, 6) is -0.677. The van der Waals surface area contributed by atoms with Gasteiger partial charge < -0.3 is 0 Å². The molecule has 0 unspecified atom stereocenters. The van der Waals surface area contributed by atoms with E-state index in [4.69, 9.17) is 0 Å². The van der Waals surface area contributed by atoms with Crippen molar-refractivity contribution in [3.05, 3.63) is 58.7 Å². The maximum Gasteiger partial charge on any atom is 0.216 e. The number of aromatic nitrogens is 4. The van der Waals surface area contributed by atoms with E-state index in [2.05, 4.69) is 20.2 Å². The van der Waals surface area contributed by atoms with Gasteiger partial charge >= 0.3 is 0 Å². The lowest BCUT2D eigenvalue weighted by Gasteiger charge is -2.15. The Kier molecular flexibility index (Phi) is 2.59. The number of carbonyl (C=O) groups is 2. The molecule has 2 aromatic heterocycles. The maximum absolute atomic E-state index is 12.5. The molecule has 106 valence electrons. The van der Waals surface area contributed by atoms with E-state index >= 15 is 0 Å². The number of ketones is 2. The highest BCUT2D eigenvalue weighted by Gasteiger charge is 2.33.